The number of fused-ring (bicyclic) bond motifs is 1. The maximum atomic E-state index is 13.4. The van der Waals surface area contributed by atoms with Crippen molar-refractivity contribution in [3.05, 3.63) is 66.0 Å². The van der Waals surface area contributed by atoms with Gasteiger partial charge in [-0.25, -0.2) is 18.6 Å². The topological polar surface area (TPSA) is 99.5 Å². The first kappa shape index (κ1) is 20.3. The third kappa shape index (κ3) is 4.47. The van der Waals surface area contributed by atoms with E-state index in [1.54, 1.807) is 24.3 Å². The molecular formula is C21H19F2N5O3. The minimum atomic E-state index is -1.27. The Morgan fingerprint density at radius 3 is 2.29 bits per heavy atom. The molecule has 0 bridgehead atoms. The average Bonchev–Trinajstić information content (AvgIpc) is 3.11. The van der Waals surface area contributed by atoms with Crippen LogP contribution in [0.5, 0.6) is 0 Å². The zero-order valence-corrected chi connectivity index (χ0v) is 16.3. The minimum absolute atomic E-state index is 0.194. The van der Waals surface area contributed by atoms with Gasteiger partial charge in [-0.3, -0.25) is 4.79 Å². The molecule has 4 rings (SSSR count). The van der Waals surface area contributed by atoms with E-state index in [1.165, 1.54) is 29.2 Å². The first-order valence-electron chi connectivity index (χ1n) is 9.53. The Morgan fingerprint density at radius 2 is 1.65 bits per heavy atom. The van der Waals surface area contributed by atoms with Gasteiger partial charge in [0.2, 0.25) is 5.91 Å². The lowest BCUT2D eigenvalue weighted by atomic mass is 10.1. The van der Waals surface area contributed by atoms with Crippen molar-refractivity contribution < 1.29 is 23.5 Å². The Hall–Kier alpha value is -3.95. The second-order valence-electron chi connectivity index (χ2n) is 6.99. The lowest BCUT2D eigenvalue weighted by Gasteiger charge is -2.28. The van der Waals surface area contributed by atoms with Gasteiger partial charge in [-0.15, -0.1) is 0 Å². The first-order chi connectivity index (χ1) is 14.9. The Kier molecular flexibility index (Phi) is 5.52. The van der Waals surface area contributed by atoms with Crippen molar-refractivity contribution in [1.82, 2.24) is 19.8 Å². The van der Waals surface area contributed by atoms with E-state index in [1.807, 2.05) is 4.57 Å². The molecule has 0 fully saturated rings. The number of aromatic nitrogens is 2. The molecule has 0 saturated carbocycles. The Bertz CT molecular complexity index is 1110. The van der Waals surface area contributed by atoms with Crippen molar-refractivity contribution in [1.29, 1.82) is 0 Å². The molecule has 2 heterocycles. The van der Waals surface area contributed by atoms with Gasteiger partial charge in [0.25, 0.3) is 0 Å². The van der Waals surface area contributed by atoms with Crippen LogP contribution in [-0.2, 0) is 17.9 Å². The molecular weight excluding hydrogens is 408 g/mol. The van der Waals surface area contributed by atoms with Crippen LogP contribution in [0.1, 0.15) is 5.82 Å². The third-order valence-electron chi connectivity index (χ3n) is 4.94. The Morgan fingerprint density at radius 1 is 1.00 bits per heavy atom. The van der Waals surface area contributed by atoms with Crippen molar-refractivity contribution in [3.63, 3.8) is 0 Å². The van der Waals surface area contributed by atoms with Crippen LogP contribution in [0.4, 0.5) is 25.1 Å². The highest BCUT2D eigenvalue weighted by atomic mass is 19.1. The van der Waals surface area contributed by atoms with Crippen molar-refractivity contribution in [2.45, 2.75) is 13.1 Å². The number of benzene rings is 2. The normalized spacial score (nSPS) is 12.9. The first-order valence-corrected chi connectivity index (χ1v) is 9.53. The number of carbonyl (C=O) groups excluding carboxylic acids is 1. The number of nitrogens with zero attached hydrogens (tertiary/aromatic N) is 3. The molecule has 0 unspecified atom stereocenters. The van der Waals surface area contributed by atoms with Gasteiger partial charge in [-0.05, 0) is 48.5 Å². The van der Waals surface area contributed by atoms with E-state index in [2.05, 4.69) is 15.6 Å². The summed E-state index contributed by atoms with van der Waals surface area (Å²) in [5.74, 6) is 0.156. The molecule has 2 amide bonds. The van der Waals surface area contributed by atoms with E-state index in [-0.39, 0.29) is 30.6 Å². The van der Waals surface area contributed by atoms with E-state index >= 15 is 0 Å². The summed E-state index contributed by atoms with van der Waals surface area (Å²) in [5, 5.41) is 14.0. The fraction of sp³-hybridized carbons (Fsp3) is 0.190. The standard InChI is InChI=1S/C21H19F2N5O3/c22-14-3-1-13(2-4-14)19-20(25-16-7-5-15(23)6-8-16)28-10-9-27(12-17(28)26-19)18(29)11-24-21(30)31/h1-8,24-25H,9-12H2,(H,30,31). The molecule has 160 valence electrons. The van der Waals surface area contributed by atoms with Crippen LogP contribution in [0.3, 0.4) is 0 Å². The summed E-state index contributed by atoms with van der Waals surface area (Å²) in [6.07, 6.45) is -1.27. The van der Waals surface area contributed by atoms with E-state index in [9.17, 15) is 18.4 Å². The smallest absolute Gasteiger partial charge is 0.405 e. The van der Waals surface area contributed by atoms with Crippen molar-refractivity contribution in [2.24, 2.45) is 0 Å². The van der Waals surface area contributed by atoms with E-state index < -0.39 is 6.09 Å². The maximum Gasteiger partial charge on any atom is 0.405 e. The number of halogens is 2. The summed E-state index contributed by atoms with van der Waals surface area (Å²) in [7, 11) is 0. The molecule has 0 atom stereocenters. The van der Waals surface area contributed by atoms with Crippen LogP contribution >= 0.6 is 0 Å². The van der Waals surface area contributed by atoms with Gasteiger partial charge in [0.15, 0.2) is 0 Å². The molecule has 0 spiro atoms. The molecule has 3 N–H and O–H groups in total. The van der Waals surface area contributed by atoms with Crippen LogP contribution in [-0.4, -0.2) is 44.6 Å². The van der Waals surface area contributed by atoms with Crippen LogP contribution in [0.25, 0.3) is 11.3 Å². The summed E-state index contributed by atoms with van der Waals surface area (Å²) in [6.45, 7) is 0.664. The predicted molar refractivity (Wildman–Crippen MR) is 109 cm³/mol. The summed E-state index contributed by atoms with van der Waals surface area (Å²) in [4.78, 5) is 29.1. The fourth-order valence-corrected chi connectivity index (χ4v) is 3.41. The van der Waals surface area contributed by atoms with Gasteiger partial charge in [0.1, 0.15) is 35.5 Å². The zero-order valence-electron chi connectivity index (χ0n) is 16.3. The predicted octanol–water partition coefficient (Wildman–Crippen LogP) is 3.18. The van der Waals surface area contributed by atoms with Crippen LogP contribution in [0.2, 0.25) is 0 Å². The minimum Gasteiger partial charge on any atom is -0.465 e. The maximum absolute atomic E-state index is 13.4. The third-order valence-corrected chi connectivity index (χ3v) is 4.94. The van der Waals surface area contributed by atoms with Gasteiger partial charge in [0, 0.05) is 24.3 Å². The highest BCUT2D eigenvalue weighted by molar-refractivity contribution is 5.82. The molecule has 0 radical (unpaired) electrons. The fourth-order valence-electron chi connectivity index (χ4n) is 3.41. The number of hydrogen-bond acceptors (Lipinski definition) is 4. The average molecular weight is 427 g/mol. The summed E-state index contributed by atoms with van der Waals surface area (Å²) < 4.78 is 28.6. The molecule has 0 aliphatic carbocycles. The van der Waals surface area contributed by atoms with Gasteiger partial charge < -0.3 is 25.2 Å². The van der Waals surface area contributed by atoms with Crippen molar-refractivity contribution >= 4 is 23.5 Å². The molecule has 8 nitrogen and oxygen atoms in total. The van der Waals surface area contributed by atoms with Crippen LogP contribution in [0, 0.1) is 11.6 Å². The molecule has 10 heteroatoms. The highest BCUT2D eigenvalue weighted by Gasteiger charge is 2.27. The number of carbonyl (C=O) groups is 2. The molecule has 2 aromatic carbocycles. The van der Waals surface area contributed by atoms with Gasteiger partial charge >= 0.3 is 6.09 Å². The molecule has 1 aliphatic rings. The van der Waals surface area contributed by atoms with Crippen molar-refractivity contribution in [3.8, 4) is 11.3 Å². The number of amides is 2. The molecule has 1 aliphatic heterocycles. The molecule has 1 aromatic heterocycles. The summed E-state index contributed by atoms with van der Waals surface area (Å²) in [6, 6.07) is 11.8. The Balaban J connectivity index is 1.67. The number of imidazole rings is 1. The number of anilines is 2. The van der Waals surface area contributed by atoms with E-state index in [4.69, 9.17) is 5.11 Å². The number of hydrogen-bond donors (Lipinski definition) is 3. The van der Waals surface area contributed by atoms with Crippen molar-refractivity contribution in [2.75, 3.05) is 18.4 Å². The Labute approximate surface area is 176 Å². The summed E-state index contributed by atoms with van der Waals surface area (Å²) in [5.41, 5.74) is 1.90. The van der Waals surface area contributed by atoms with Gasteiger partial charge in [-0.1, -0.05) is 0 Å². The van der Waals surface area contributed by atoms with Gasteiger partial charge in [0.05, 0.1) is 6.54 Å². The summed E-state index contributed by atoms with van der Waals surface area (Å²) >= 11 is 0. The number of nitrogens with one attached hydrogen (secondary N) is 2. The van der Waals surface area contributed by atoms with E-state index in [0.717, 1.165) is 0 Å². The zero-order chi connectivity index (χ0) is 22.0. The number of carboxylic acid groups (broad SMARTS) is 1. The van der Waals surface area contributed by atoms with Crippen LogP contribution in [0.15, 0.2) is 48.5 Å². The van der Waals surface area contributed by atoms with Crippen LogP contribution < -0.4 is 10.6 Å². The monoisotopic (exact) mass is 427 g/mol. The molecule has 0 saturated heterocycles. The SMILES string of the molecule is O=C(O)NCC(=O)N1CCn2c(nc(-c3ccc(F)cc3)c2Nc2ccc(F)cc2)C1. The lowest BCUT2D eigenvalue weighted by molar-refractivity contribution is -0.131. The quantitative estimate of drug-likeness (QED) is 0.581. The van der Waals surface area contributed by atoms with E-state index in [0.29, 0.717) is 41.7 Å². The largest absolute Gasteiger partial charge is 0.465 e. The lowest BCUT2D eigenvalue weighted by Crippen LogP contribution is -2.43. The number of rotatable bonds is 5. The molecule has 31 heavy (non-hydrogen) atoms. The second-order valence-corrected chi connectivity index (χ2v) is 6.99. The molecule has 3 aromatic rings. The second kappa shape index (κ2) is 8.42. The highest BCUT2D eigenvalue weighted by Crippen LogP contribution is 2.33. The van der Waals surface area contributed by atoms with Gasteiger partial charge in [-0.2, -0.15) is 0 Å².